The van der Waals surface area contributed by atoms with Crippen LogP contribution in [-0.4, -0.2) is 25.0 Å². The molecule has 18 heavy (non-hydrogen) atoms. The predicted octanol–water partition coefficient (Wildman–Crippen LogP) is 2.46. The van der Waals surface area contributed by atoms with Crippen molar-refractivity contribution < 1.29 is 4.79 Å². The van der Waals surface area contributed by atoms with Crippen LogP contribution in [0.15, 0.2) is 0 Å². The van der Waals surface area contributed by atoms with Crippen molar-refractivity contribution in [1.29, 1.82) is 0 Å². The molecule has 2 fully saturated rings. The summed E-state index contributed by atoms with van der Waals surface area (Å²) in [6.45, 7) is 6.47. The van der Waals surface area contributed by atoms with Crippen LogP contribution in [0.2, 0.25) is 0 Å². The first-order valence-corrected chi connectivity index (χ1v) is 7.68. The third-order valence-corrected chi connectivity index (χ3v) is 4.80. The minimum atomic E-state index is -0.0776. The van der Waals surface area contributed by atoms with E-state index in [4.69, 9.17) is 0 Å². The highest BCUT2D eigenvalue weighted by molar-refractivity contribution is 5.83. The van der Waals surface area contributed by atoms with Gasteiger partial charge in [-0.05, 0) is 57.5 Å². The second-order valence-electron chi connectivity index (χ2n) is 6.37. The summed E-state index contributed by atoms with van der Waals surface area (Å²) in [5.74, 6) is 1.12. The lowest BCUT2D eigenvalue weighted by atomic mass is 9.74. The maximum Gasteiger partial charge on any atom is 0.226 e. The maximum atomic E-state index is 12.6. The number of nitrogens with one attached hydrogen (secondary N) is 2. The number of piperidine rings is 1. The molecule has 2 unspecified atom stereocenters. The Kier molecular flexibility index (Phi) is 4.66. The molecule has 1 saturated carbocycles. The standard InChI is InChI=1S/C15H28N2O/c1-3-6-15(7-9-16-10-8-15)14(18)17-13-5-4-12(2)11-13/h12-13,16H,3-11H2,1-2H3,(H,17,18). The van der Waals surface area contributed by atoms with Crippen LogP contribution in [0.3, 0.4) is 0 Å². The third-order valence-electron chi connectivity index (χ3n) is 4.80. The molecule has 0 radical (unpaired) electrons. The largest absolute Gasteiger partial charge is 0.353 e. The molecule has 2 rings (SSSR count). The normalized spacial score (nSPS) is 31.2. The molecule has 1 amide bonds. The van der Waals surface area contributed by atoms with Gasteiger partial charge in [-0.15, -0.1) is 0 Å². The maximum absolute atomic E-state index is 12.6. The minimum Gasteiger partial charge on any atom is -0.353 e. The lowest BCUT2D eigenvalue weighted by Gasteiger charge is -2.37. The molecule has 2 aliphatic rings. The van der Waals surface area contributed by atoms with E-state index in [1.807, 2.05) is 0 Å². The Bertz CT molecular complexity index is 279. The Morgan fingerprint density at radius 2 is 2.06 bits per heavy atom. The summed E-state index contributed by atoms with van der Waals surface area (Å²) in [5.41, 5.74) is -0.0776. The number of amides is 1. The predicted molar refractivity (Wildman–Crippen MR) is 74.4 cm³/mol. The highest BCUT2D eigenvalue weighted by Crippen LogP contribution is 2.35. The van der Waals surface area contributed by atoms with Crippen molar-refractivity contribution in [3.63, 3.8) is 0 Å². The fourth-order valence-electron chi connectivity index (χ4n) is 3.65. The van der Waals surface area contributed by atoms with E-state index >= 15 is 0 Å². The van der Waals surface area contributed by atoms with E-state index in [9.17, 15) is 4.79 Å². The van der Waals surface area contributed by atoms with Gasteiger partial charge in [0.1, 0.15) is 0 Å². The van der Waals surface area contributed by atoms with Crippen molar-refractivity contribution in [2.45, 2.75) is 64.8 Å². The average molecular weight is 252 g/mol. The van der Waals surface area contributed by atoms with Crippen molar-refractivity contribution in [3.05, 3.63) is 0 Å². The smallest absolute Gasteiger partial charge is 0.226 e. The van der Waals surface area contributed by atoms with E-state index in [1.54, 1.807) is 0 Å². The first-order valence-electron chi connectivity index (χ1n) is 7.68. The topological polar surface area (TPSA) is 41.1 Å². The van der Waals surface area contributed by atoms with Gasteiger partial charge in [0.2, 0.25) is 5.91 Å². The van der Waals surface area contributed by atoms with Crippen LogP contribution in [0.25, 0.3) is 0 Å². The zero-order valence-corrected chi connectivity index (χ0v) is 11.9. The van der Waals surface area contributed by atoms with Crippen LogP contribution < -0.4 is 10.6 Å². The molecule has 0 aromatic rings. The Morgan fingerprint density at radius 1 is 1.33 bits per heavy atom. The Balaban J connectivity index is 1.95. The molecule has 3 nitrogen and oxygen atoms in total. The van der Waals surface area contributed by atoms with Gasteiger partial charge in [0.05, 0.1) is 5.41 Å². The molecule has 2 atom stereocenters. The van der Waals surface area contributed by atoms with Crippen molar-refractivity contribution in [2.75, 3.05) is 13.1 Å². The summed E-state index contributed by atoms with van der Waals surface area (Å²) in [6.07, 6.45) is 7.79. The first kappa shape index (κ1) is 13.9. The van der Waals surface area contributed by atoms with Gasteiger partial charge >= 0.3 is 0 Å². The van der Waals surface area contributed by atoms with Gasteiger partial charge in [-0.25, -0.2) is 0 Å². The van der Waals surface area contributed by atoms with Crippen LogP contribution in [0.4, 0.5) is 0 Å². The average Bonchev–Trinajstić information content (AvgIpc) is 2.76. The summed E-state index contributed by atoms with van der Waals surface area (Å²) >= 11 is 0. The molecule has 2 N–H and O–H groups in total. The Morgan fingerprint density at radius 3 is 2.61 bits per heavy atom. The summed E-state index contributed by atoms with van der Waals surface area (Å²) < 4.78 is 0. The van der Waals surface area contributed by atoms with Crippen LogP contribution in [0.1, 0.15) is 58.8 Å². The molecule has 1 aliphatic carbocycles. The zero-order chi connectivity index (χ0) is 13.0. The lowest BCUT2D eigenvalue weighted by molar-refractivity contribution is -0.133. The second-order valence-corrected chi connectivity index (χ2v) is 6.37. The van der Waals surface area contributed by atoms with E-state index in [0.717, 1.165) is 44.7 Å². The molecular formula is C15H28N2O. The third kappa shape index (κ3) is 3.05. The van der Waals surface area contributed by atoms with Gasteiger partial charge < -0.3 is 10.6 Å². The van der Waals surface area contributed by atoms with Crippen molar-refractivity contribution in [3.8, 4) is 0 Å². The quantitative estimate of drug-likeness (QED) is 0.807. The van der Waals surface area contributed by atoms with Crippen LogP contribution >= 0.6 is 0 Å². The minimum absolute atomic E-state index is 0.0776. The lowest BCUT2D eigenvalue weighted by Crippen LogP contribution is -2.49. The zero-order valence-electron chi connectivity index (χ0n) is 11.9. The summed E-state index contributed by atoms with van der Waals surface area (Å²) in [5, 5.41) is 6.71. The fourth-order valence-corrected chi connectivity index (χ4v) is 3.65. The number of hydrogen-bond donors (Lipinski definition) is 2. The second kappa shape index (κ2) is 6.05. The Hall–Kier alpha value is -0.570. The van der Waals surface area contributed by atoms with Crippen LogP contribution in [0, 0.1) is 11.3 Å². The molecule has 1 aliphatic heterocycles. The van der Waals surface area contributed by atoms with Gasteiger partial charge in [0.15, 0.2) is 0 Å². The van der Waals surface area contributed by atoms with Crippen LogP contribution in [-0.2, 0) is 4.79 Å². The molecule has 0 aromatic heterocycles. The number of carbonyl (C=O) groups excluding carboxylic acids is 1. The van der Waals surface area contributed by atoms with Crippen molar-refractivity contribution >= 4 is 5.91 Å². The molecule has 0 spiro atoms. The van der Waals surface area contributed by atoms with Gasteiger partial charge in [-0.3, -0.25) is 4.79 Å². The summed E-state index contributed by atoms with van der Waals surface area (Å²) in [6, 6.07) is 0.441. The molecular weight excluding hydrogens is 224 g/mol. The highest BCUT2D eigenvalue weighted by Gasteiger charge is 2.39. The van der Waals surface area contributed by atoms with Gasteiger partial charge in [0.25, 0.3) is 0 Å². The molecule has 1 heterocycles. The fraction of sp³-hybridized carbons (Fsp3) is 0.933. The number of hydrogen-bond acceptors (Lipinski definition) is 2. The number of carbonyl (C=O) groups is 1. The van der Waals surface area contributed by atoms with Gasteiger partial charge in [-0.1, -0.05) is 20.3 Å². The first-order chi connectivity index (χ1) is 8.66. The molecule has 0 bridgehead atoms. The van der Waals surface area contributed by atoms with Gasteiger partial charge in [0, 0.05) is 6.04 Å². The van der Waals surface area contributed by atoms with E-state index < -0.39 is 0 Å². The van der Waals surface area contributed by atoms with E-state index in [0.29, 0.717) is 11.9 Å². The van der Waals surface area contributed by atoms with Crippen molar-refractivity contribution in [1.82, 2.24) is 10.6 Å². The molecule has 1 saturated heterocycles. The summed E-state index contributed by atoms with van der Waals surface area (Å²) in [7, 11) is 0. The summed E-state index contributed by atoms with van der Waals surface area (Å²) in [4.78, 5) is 12.6. The van der Waals surface area contributed by atoms with E-state index in [2.05, 4.69) is 24.5 Å². The number of rotatable bonds is 4. The van der Waals surface area contributed by atoms with Gasteiger partial charge in [-0.2, -0.15) is 0 Å². The van der Waals surface area contributed by atoms with Crippen LogP contribution in [0.5, 0.6) is 0 Å². The SMILES string of the molecule is CCCC1(C(=O)NC2CCC(C)C2)CCNCC1. The Labute approximate surface area is 111 Å². The van der Waals surface area contributed by atoms with Crippen molar-refractivity contribution in [2.24, 2.45) is 11.3 Å². The van der Waals surface area contributed by atoms with E-state index in [-0.39, 0.29) is 5.41 Å². The highest BCUT2D eigenvalue weighted by atomic mass is 16.2. The van der Waals surface area contributed by atoms with E-state index in [1.165, 1.54) is 19.3 Å². The molecule has 3 heteroatoms. The molecule has 0 aromatic carbocycles. The molecule has 104 valence electrons. The monoisotopic (exact) mass is 252 g/mol.